The summed E-state index contributed by atoms with van der Waals surface area (Å²) in [6, 6.07) is 32.2. The topological polar surface area (TPSA) is 110 Å². The Bertz CT molecular complexity index is 2750. The van der Waals surface area contributed by atoms with Crippen LogP contribution < -0.4 is 19.3 Å². The number of carbonyl (C=O) groups excluding carboxylic acids is 5. The van der Waals surface area contributed by atoms with E-state index in [9.17, 15) is 24.0 Å². The summed E-state index contributed by atoms with van der Waals surface area (Å²) in [7, 11) is 4.02. The maximum Gasteiger partial charge on any atom is 0.266 e. The molecule has 1 heterocycles. The van der Waals surface area contributed by atoms with Crippen molar-refractivity contribution in [3.63, 3.8) is 0 Å². The number of hydrogen-bond acceptors (Lipinski definition) is 8. The van der Waals surface area contributed by atoms with E-state index < -0.39 is 17.6 Å². The molecule has 0 radical (unpaired) electrons. The Hall–Kier alpha value is -7.13. The van der Waals surface area contributed by atoms with E-state index in [0.717, 1.165) is 49.9 Å². The molecule has 0 aromatic heterocycles. The van der Waals surface area contributed by atoms with E-state index in [1.807, 2.05) is 52.2 Å². The lowest BCUT2D eigenvalue weighted by atomic mass is 9.76. The van der Waals surface area contributed by atoms with Gasteiger partial charge in [0.15, 0.2) is 17.3 Å². The van der Waals surface area contributed by atoms with Crippen molar-refractivity contribution in [2.75, 3.05) is 23.9 Å². The number of ether oxygens (including phenoxy) is 2. The summed E-state index contributed by atoms with van der Waals surface area (Å²) in [6.45, 7) is 15.3. The van der Waals surface area contributed by atoms with E-state index in [0.29, 0.717) is 17.2 Å². The molecule has 9 heteroatoms. The van der Waals surface area contributed by atoms with Gasteiger partial charge in [-0.25, -0.2) is 4.90 Å². The zero-order valence-electron chi connectivity index (χ0n) is 36.1. The van der Waals surface area contributed by atoms with E-state index in [1.54, 1.807) is 24.3 Å². The number of aryl methyl sites for hydroxylation is 4. The number of anilines is 2. The van der Waals surface area contributed by atoms with Gasteiger partial charge in [-0.2, -0.15) is 0 Å². The average Bonchev–Trinajstić information content (AvgIpc) is 3.47. The van der Waals surface area contributed by atoms with Crippen LogP contribution in [0.3, 0.4) is 0 Å². The summed E-state index contributed by atoms with van der Waals surface area (Å²) < 4.78 is 12.8. The summed E-state index contributed by atoms with van der Waals surface area (Å²) in [4.78, 5) is 68.1. The third-order valence-corrected chi connectivity index (χ3v) is 11.4. The van der Waals surface area contributed by atoms with Gasteiger partial charge in [-0.05, 0) is 148 Å². The monoisotopic (exact) mass is 812 g/mol. The molecule has 61 heavy (non-hydrogen) atoms. The first-order valence-electron chi connectivity index (χ1n) is 20.1. The molecule has 0 fully saturated rings. The SMILES string of the molecule is CC(=O)c1ccc(C(=O)c2ccc3c(c2)C(=O)N(c2ccc(Oc4c(C)cc(C(C)(C)c5cc(C)c(Oc6ccc(N(C)C)cc6)c(C)c5)cc4C)cc2)C3=O)cc1C(C)=O. The molecule has 7 rings (SSSR count). The number of hydrogen-bond donors (Lipinski definition) is 0. The Labute approximate surface area is 356 Å². The average molecular weight is 813 g/mol. The number of imide groups is 1. The predicted octanol–water partition coefficient (Wildman–Crippen LogP) is 11.3. The quantitative estimate of drug-likeness (QED) is 0.0887. The molecule has 9 nitrogen and oxygen atoms in total. The minimum Gasteiger partial charge on any atom is -0.457 e. The van der Waals surface area contributed by atoms with Gasteiger partial charge < -0.3 is 14.4 Å². The molecule has 0 N–H and O–H groups in total. The summed E-state index contributed by atoms with van der Waals surface area (Å²) in [6.07, 6.45) is 0. The fraction of sp³-hybridized carbons (Fsp3) is 0.212. The normalized spacial score (nSPS) is 12.3. The number of nitrogens with zero attached hydrogens (tertiary/aromatic N) is 2. The molecule has 0 saturated carbocycles. The van der Waals surface area contributed by atoms with Crippen LogP contribution in [0.1, 0.15) is 118 Å². The van der Waals surface area contributed by atoms with E-state index in [-0.39, 0.29) is 50.4 Å². The van der Waals surface area contributed by atoms with Crippen LogP contribution in [0, 0.1) is 27.7 Å². The molecule has 0 bridgehead atoms. The number of amides is 2. The van der Waals surface area contributed by atoms with E-state index >= 15 is 0 Å². The first kappa shape index (κ1) is 42.0. The van der Waals surface area contributed by atoms with Gasteiger partial charge in [0.2, 0.25) is 0 Å². The van der Waals surface area contributed by atoms with Crippen LogP contribution in [-0.2, 0) is 5.41 Å². The highest BCUT2D eigenvalue weighted by Crippen LogP contribution is 2.41. The van der Waals surface area contributed by atoms with Crippen LogP contribution in [0.25, 0.3) is 0 Å². The number of Topliss-reactive ketones (excluding diaryl/α,β-unsaturated/α-hetero) is 2. The molecule has 2 amide bonds. The summed E-state index contributed by atoms with van der Waals surface area (Å²) in [5.41, 5.74) is 8.46. The summed E-state index contributed by atoms with van der Waals surface area (Å²) in [5, 5.41) is 0. The lowest BCUT2D eigenvalue weighted by molar-refractivity contribution is 0.0923. The first-order chi connectivity index (χ1) is 28.8. The molecule has 1 aliphatic rings. The second-order valence-corrected chi connectivity index (χ2v) is 16.5. The molecule has 0 atom stereocenters. The highest BCUT2D eigenvalue weighted by atomic mass is 16.5. The van der Waals surface area contributed by atoms with E-state index in [1.165, 1.54) is 55.8 Å². The zero-order valence-corrected chi connectivity index (χ0v) is 36.1. The molecule has 0 spiro atoms. The number of rotatable bonds is 12. The second-order valence-electron chi connectivity index (χ2n) is 16.5. The Morgan fingerprint density at radius 2 is 0.984 bits per heavy atom. The van der Waals surface area contributed by atoms with Gasteiger partial charge >= 0.3 is 0 Å². The van der Waals surface area contributed by atoms with Crippen molar-refractivity contribution >= 4 is 40.5 Å². The van der Waals surface area contributed by atoms with Crippen molar-refractivity contribution in [2.45, 2.75) is 60.8 Å². The smallest absolute Gasteiger partial charge is 0.266 e. The first-order valence-corrected chi connectivity index (χ1v) is 20.1. The zero-order chi connectivity index (χ0) is 44.1. The number of carbonyl (C=O) groups is 5. The predicted molar refractivity (Wildman–Crippen MR) is 239 cm³/mol. The largest absolute Gasteiger partial charge is 0.457 e. The van der Waals surface area contributed by atoms with Gasteiger partial charge in [0.25, 0.3) is 11.8 Å². The van der Waals surface area contributed by atoms with Crippen LogP contribution in [-0.4, -0.2) is 43.3 Å². The van der Waals surface area contributed by atoms with Crippen LogP contribution in [0.5, 0.6) is 23.0 Å². The molecule has 6 aromatic carbocycles. The van der Waals surface area contributed by atoms with Gasteiger partial charge in [0.05, 0.1) is 16.8 Å². The van der Waals surface area contributed by atoms with Crippen molar-refractivity contribution in [1.29, 1.82) is 0 Å². The highest BCUT2D eigenvalue weighted by molar-refractivity contribution is 6.35. The fourth-order valence-corrected chi connectivity index (χ4v) is 7.89. The van der Waals surface area contributed by atoms with Crippen molar-refractivity contribution in [3.05, 3.63) is 176 Å². The van der Waals surface area contributed by atoms with Crippen LogP contribution in [0.4, 0.5) is 11.4 Å². The van der Waals surface area contributed by atoms with Crippen molar-refractivity contribution in [1.82, 2.24) is 0 Å². The molecule has 308 valence electrons. The maximum absolute atomic E-state index is 13.7. The van der Waals surface area contributed by atoms with Crippen LogP contribution in [0.2, 0.25) is 0 Å². The lowest BCUT2D eigenvalue weighted by Crippen LogP contribution is -2.29. The molecule has 0 saturated heterocycles. The minimum atomic E-state index is -0.563. The molecule has 0 aliphatic carbocycles. The number of fused-ring (bicyclic) bond motifs is 1. The molecular formula is C52H48N2O7. The fourth-order valence-electron chi connectivity index (χ4n) is 7.89. The molecule has 1 aliphatic heterocycles. The van der Waals surface area contributed by atoms with Crippen molar-refractivity contribution < 1.29 is 33.4 Å². The lowest BCUT2D eigenvalue weighted by Gasteiger charge is -2.29. The number of benzene rings is 6. The highest BCUT2D eigenvalue weighted by Gasteiger charge is 2.37. The number of ketones is 3. The molecule has 6 aromatic rings. The Balaban J connectivity index is 1.06. The third-order valence-electron chi connectivity index (χ3n) is 11.4. The van der Waals surface area contributed by atoms with E-state index in [2.05, 4.69) is 56.9 Å². The Kier molecular flexibility index (Phi) is 11.1. The minimum absolute atomic E-state index is 0.0955. The van der Waals surface area contributed by atoms with Gasteiger partial charge in [-0.3, -0.25) is 24.0 Å². The molecular weight excluding hydrogens is 765 g/mol. The van der Waals surface area contributed by atoms with Crippen molar-refractivity contribution in [3.8, 4) is 23.0 Å². The van der Waals surface area contributed by atoms with Crippen LogP contribution >= 0.6 is 0 Å². The van der Waals surface area contributed by atoms with Crippen LogP contribution in [0.15, 0.2) is 109 Å². The molecule has 0 unspecified atom stereocenters. The Morgan fingerprint density at radius 3 is 1.46 bits per heavy atom. The Morgan fingerprint density at radius 1 is 0.541 bits per heavy atom. The summed E-state index contributed by atoms with van der Waals surface area (Å²) >= 11 is 0. The van der Waals surface area contributed by atoms with Gasteiger partial charge in [-0.15, -0.1) is 0 Å². The third kappa shape index (κ3) is 7.99. The van der Waals surface area contributed by atoms with Gasteiger partial charge in [0, 0.05) is 47.5 Å². The van der Waals surface area contributed by atoms with E-state index in [4.69, 9.17) is 9.47 Å². The second kappa shape index (κ2) is 16.1. The van der Waals surface area contributed by atoms with Crippen molar-refractivity contribution in [2.24, 2.45) is 0 Å². The van der Waals surface area contributed by atoms with Gasteiger partial charge in [-0.1, -0.05) is 50.2 Å². The maximum atomic E-state index is 13.7. The summed E-state index contributed by atoms with van der Waals surface area (Å²) in [5.74, 6) is 0.732. The van der Waals surface area contributed by atoms with Gasteiger partial charge in [0.1, 0.15) is 23.0 Å². The standard InChI is InChI=1S/C52H48N2O7/c1-29-23-37(24-30(2)48(29)60-41-17-13-39(14-18-41)53(9)10)52(7,8)38-25-31(3)49(32(4)26-38)61-42-19-15-40(16-20-42)54-50(58)44-22-12-36(28-46(44)51(54)59)47(57)35-11-21-43(33(5)55)45(27-35)34(6)56/h11-28H,1-10H3.